The molecule has 0 rings (SSSR count). The van der Waals surface area contributed by atoms with E-state index in [0.717, 1.165) is 0 Å². The number of rotatable bonds is 4. The van der Waals surface area contributed by atoms with Crippen molar-refractivity contribution in [3.63, 3.8) is 0 Å². The van der Waals surface area contributed by atoms with Crippen LogP contribution in [0.25, 0.3) is 5.53 Å². The number of hydrogen-bond donors (Lipinski definition) is 1. The summed E-state index contributed by atoms with van der Waals surface area (Å²) in [5.74, 6) is 4.03. The molecule has 0 aromatic rings. The molecule has 4 heteroatoms. The molecule has 0 unspecified atom stereocenters. The number of quaternary nitrogens is 1. The summed E-state index contributed by atoms with van der Waals surface area (Å²) in [6.45, 7) is 14.2. The average Bonchev–Trinajstić information content (AvgIpc) is 2.11. The first-order valence-corrected chi connectivity index (χ1v) is 4.55. The Morgan fingerprint density at radius 1 is 1.00 bits per heavy atom. The Labute approximate surface area is 75.8 Å². The molecule has 4 nitrogen and oxygen atoms in total. The van der Waals surface area contributed by atoms with Crippen LogP contribution in [0.4, 0.5) is 0 Å². The minimum atomic E-state index is 1.28. The largest absolute Gasteiger partial charge is 0.427 e. The second-order valence-electron chi connectivity index (χ2n) is 2.72. The fraction of sp³-hybridized carbons (Fsp3) is 1.00. The Bertz CT molecular complexity index is 81.7. The molecule has 0 radical (unpaired) electrons. The predicted octanol–water partition coefficient (Wildman–Crippen LogP) is 1.76. The quantitative estimate of drug-likeness (QED) is 0.300. The molecule has 74 valence electrons. The lowest BCUT2D eigenvalue weighted by Gasteiger charge is -2.34. The van der Waals surface area contributed by atoms with Gasteiger partial charge in [0.05, 0.1) is 26.2 Å². The van der Waals surface area contributed by atoms with Crippen molar-refractivity contribution in [2.24, 2.45) is 11.1 Å². The molecular weight excluding hydrogens is 152 g/mol. The van der Waals surface area contributed by atoms with E-state index >= 15 is 0 Å². The summed E-state index contributed by atoms with van der Waals surface area (Å²) in [4.78, 5) is 0. The lowest BCUT2D eigenvalue weighted by Crippen LogP contribution is -2.47. The van der Waals surface area contributed by atoms with E-state index in [9.17, 15) is 0 Å². The van der Waals surface area contributed by atoms with E-state index in [0.29, 0.717) is 0 Å². The van der Waals surface area contributed by atoms with Gasteiger partial charge in [-0.3, -0.25) is 5.22 Å². The summed E-state index contributed by atoms with van der Waals surface area (Å²) in [5, 5.41) is 2.00. The third-order valence-electron chi connectivity index (χ3n) is 2.68. The first kappa shape index (κ1) is 13.9. The molecule has 0 bridgehead atoms. The minimum absolute atomic E-state index is 1.28. The number of nitrogens with zero attached hydrogens (tertiary/aromatic N) is 3. The van der Waals surface area contributed by atoms with Gasteiger partial charge in [0.1, 0.15) is 0 Å². The Kier molecular flexibility index (Phi) is 9.81. The van der Waals surface area contributed by atoms with Crippen molar-refractivity contribution in [3.8, 4) is 0 Å². The van der Waals surface area contributed by atoms with Crippen LogP contribution in [0, 0.1) is 0 Å². The molecule has 0 aliphatic rings. The highest BCUT2D eigenvalue weighted by Crippen LogP contribution is 2.03. The Hall–Kier alpha value is -0.640. The topological polar surface area (TPSA) is 60.7 Å². The van der Waals surface area contributed by atoms with Gasteiger partial charge in [0.15, 0.2) is 0 Å². The smallest absolute Gasteiger partial charge is 0.0757 e. The highest BCUT2D eigenvalue weighted by Gasteiger charge is 2.16. The average molecular weight is 174 g/mol. The molecule has 0 heterocycles. The standard InChI is InChI=1S/C8H20N.H2N3/c1-5-9(6-2,7-3)8-4;1-3-2/h5-8H2,1-4H3;(H2-,1,2)/q+1;-1. The van der Waals surface area contributed by atoms with Crippen molar-refractivity contribution in [1.29, 1.82) is 0 Å². The molecule has 0 fully saturated rings. The lowest BCUT2D eigenvalue weighted by atomic mass is 10.3. The van der Waals surface area contributed by atoms with Gasteiger partial charge in [-0.1, -0.05) is 0 Å². The fourth-order valence-corrected chi connectivity index (χ4v) is 1.34. The molecule has 0 saturated carbocycles. The van der Waals surface area contributed by atoms with E-state index in [1.807, 2.05) is 5.22 Å². The summed E-state index contributed by atoms with van der Waals surface area (Å²) in [6, 6.07) is 0. The van der Waals surface area contributed by atoms with Crippen molar-refractivity contribution in [2.75, 3.05) is 26.2 Å². The molecule has 0 aliphatic carbocycles. The molecule has 0 atom stereocenters. The van der Waals surface area contributed by atoms with Crippen LogP contribution in [0.2, 0.25) is 0 Å². The molecule has 0 amide bonds. The zero-order chi connectivity index (χ0) is 10.0. The monoisotopic (exact) mass is 174 g/mol. The lowest BCUT2D eigenvalue weighted by molar-refractivity contribution is -0.921. The van der Waals surface area contributed by atoms with Crippen molar-refractivity contribution in [3.05, 3.63) is 5.53 Å². The molecule has 12 heavy (non-hydrogen) atoms. The first-order valence-electron chi connectivity index (χ1n) is 4.55. The van der Waals surface area contributed by atoms with Crippen LogP contribution >= 0.6 is 0 Å². The van der Waals surface area contributed by atoms with Crippen LogP contribution in [0.1, 0.15) is 27.7 Å². The highest BCUT2D eigenvalue weighted by atomic mass is 15.3. The molecule has 0 spiro atoms. The maximum absolute atomic E-state index is 6.97. The normalized spacial score (nSPS) is 10.0. The van der Waals surface area contributed by atoms with Gasteiger partial charge in [-0.2, -0.15) is 0 Å². The predicted molar refractivity (Wildman–Crippen MR) is 52.4 cm³/mol. The molecule has 0 aliphatic heterocycles. The summed E-state index contributed by atoms with van der Waals surface area (Å²) >= 11 is 0. The second kappa shape index (κ2) is 8.46. The van der Waals surface area contributed by atoms with E-state index in [4.69, 9.17) is 5.53 Å². The zero-order valence-corrected chi connectivity index (χ0v) is 8.75. The minimum Gasteiger partial charge on any atom is -0.427 e. The van der Waals surface area contributed by atoms with Crippen LogP contribution in [0.3, 0.4) is 0 Å². The van der Waals surface area contributed by atoms with Gasteiger partial charge in [-0.15, -0.1) is 0 Å². The van der Waals surface area contributed by atoms with Gasteiger partial charge in [0, 0.05) is 0 Å². The fourth-order valence-electron chi connectivity index (χ4n) is 1.34. The zero-order valence-electron chi connectivity index (χ0n) is 8.75. The summed E-state index contributed by atoms with van der Waals surface area (Å²) in [7, 11) is 0. The second-order valence-corrected chi connectivity index (χ2v) is 2.72. The van der Waals surface area contributed by atoms with Crippen LogP contribution in [-0.4, -0.2) is 30.7 Å². The first-order chi connectivity index (χ1) is 5.66. The van der Waals surface area contributed by atoms with Crippen molar-refractivity contribution < 1.29 is 4.48 Å². The van der Waals surface area contributed by atoms with E-state index in [-0.39, 0.29) is 0 Å². The molecular formula is C8H22N4. The van der Waals surface area contributed by atoms with Crippen molar-refractivity contribution in [2.45, 2.75) is 27.7 Å². The van der Waals surface area contributed by atoms with Crippen molar-refractivity contribution in [1.82, 2.24) is 0 Å². The van der Waals surface area contributed by atoms with Gasteiger partial charge >= 0.3 is 0 Å². The summed E-state index contributed by atoms with van der Waals surface area (Å²) in [6.07, 6.45) is 0. The van der Waals surface area contributed by atoms with Crippen LogP contribution in [-0.2, 0) is 0 Å². The SMILES string of the molecule is CC[N+](CC)(CC)CC.[N-]=NN. The molecule has 0 aromatic heterocycles. The van der Waals surface area contributed by atoms with E-state index < -0.39 is 0 Å². The highest BCUT2D eigenvalue weighted by molar-refractivity contribution is 4.31. The molecule has 0 aromatic carbocycles. The van der Waals surface area contributed by atoms with Crippen molar-refractivity contribution >= 4 is 0 Å². The Balaban J connectivity index is 0. The van der Waals surface area contributed by atoms with Crippen LogP contribution in [0.5, 0.6) is 0 Å². The number of hydrogen-bond acceptors (Lipinski definition) is 1. The third-order valence-corrected chi connectivity index (χ3v) is 2.68. The van der Waals surface area contributed by atoms with E-state index in [1.54, 1.807) is 0 Å². The Morgan fingerprint density at radius 2 is 1.17 bits per heavy atom. The molecule has 0 saturated heterocycles. The Morgan fingerprint density at radius 3 is 1.17 bits per heavy atom. The van der Waals surface area contributed by atoms with Crippen LogP contribution in [0.15, 0.2) is 5.22 Å². The van der Waals surface area contributed by atoms with E-state index in [2.05, 4.69) is 33.5 Å². The van der Waals surface area contributed by atoms with Crippen LogP contribution < -0.4 is 5.84 Å². The maximum Gasteiger partial charge on any atom is 0.0757 e. The van der Waals surface area contributed by atoms with Gasteiger partial charge in [-0.25, -0.2) is 0 Å². The summed E-state index contributed by atoms with van der Waals surface area (Å²) in [5.41, 5.74) is 6.97. The van der Waals surface area contributed by atoms with E-state index in [1.165, 1.54) is 30.7 Å². The van der Waals surface area contributed by atoms with Gasteiger partial charge in [0.2, 0.25) is 0 Å². The number of nitrogens with two attached hydrogens (primary N) is 1. The van der Waals surface area contributed by atoms with Gasteiger partial charge in [-0.05, 0) is 27.7 Å². The van der Waals surface area contributed by atoms with Gasteiger partial charge < -0.3 is 15.9 Å². The third kappa shape index (κ3) is 5.07. The van der Waals surface area contributed by atoms with Gasteiger partial charge in [0.25, 0.3) is 0 Å². The maximum atomic E-state index is 6.97. The summed E-state index contributed by atoms with van der Waals surface area (Å²) < 4.78 is 1.28. The molecule has 2 N–H and O–H groups in total.